The lowest BCUT2D eigenvalue weighted by Crippen LogP contribution is -1.98. The van der Waals surface area contributed by atoms with Crippen LogP contribution in [0.5, 0.6) is 0 Å². The largest absolute Gasteiger partial charge is 0.298 e. The number of hydrogen-bond acceptors (Lipinski definition) is 7. The summed E-state index contributed by atoms with van der Waals surface area (Å²) >= 11 is 7.94. The van der Waals surface area contributed by atoms with Crippen LogP contribution in [-0.2, 0) is 16.8 Å². The van der Waals surface area contributed by atoms with Crippen LogP contribution in [0.3, 0.4) is 0 Å². The first-order valence-electron chi connectivity index (χ1n) is 6.46. The van der Waals surface area contributed by atoms with Crippen molar-refractivity contribution in [1.82, 2.24) is 14.8 Å². The normalized spacial score (nSPS) is 11.9. The van der Waals surface area contributed by atoms with Crippen LogP contribution in [0.4, 0.5) is 0 Å². The van der Waals surface area contributed by atoms with Gasteiger partial charge in [0.1, 0.15) is 6.61 Å². The van der Waals surface area contributed by atoms with E-state index < -0.39 is 0 Å². The first-order valence-corrected chi connectivity index (χ1v) is 8.50. The van der Waals surface area contributed by atoms with Gasteiger partial charge in [-0.2, -0.15) is 5.26 Å². The van der Waals surface area contributed by atoms with Gasteiger partial charge in [-0.3, -0.25) is 9.67 Å². The molecule has 0 aliphatic carbocycles. The lowest BCUT2D eigenvalue weighted by Gasteiger charge is -2.09. The Morgan fingerprint density at radius 3 is 2.70 bits per heavy atom. The van der Waals surface area contributed by atoms with Gasteiger partial charge in [0.2, 0.25) is 0 Å². The predicted molar refractivity (Wildman–Crippen MR) is 92.1 cm³/mol. The highest BCUT2D eigenvalue weighted by Gasteiger charge is 2.15. The number of aromatic nitrogens is 3. The third-order valence-corrected chi connectivity index (χ3v) is 5.46. The highest BCUT2D eigenvalue weighted by atomic mass is 32.2. The maximum absolute atomic E-state index is 9.43. The first-order chi connectivity index (χ1) is 11.2. The van der Waals surface area contributed by atoms with E-state index in [4.69, 9.17) is 17.1 Å². The van der Waals surface area contributed by atoms with E-state index in [9.17, 15) is 5.26 Å². The molecular formula is C14H14N4O2S3. The van der Waals surface area contributed by atoms with E-state index in [2.05, 4.69) is 21.2 Å². The highest BCUT2D eigenvalue weighted by molar-refractivity contribution is 8.22. The zero-order valence-electron chi connectivity index (χ0n) is 12.5. The molecule has 0 bridgehead atoms. The molecule has 120 valence electrons. The molecule has 1 heterocycles. The molecule has 1 N–H and O–H groups in total. The summed E-state index contributed by atoms with van der Waals surface area (Å²) in [6.45, 7) is 0.0596. The Bertz CT molecular complexity index is 777. The number of H-pyrrole nitrogens is 1. The summed E-state index contributed by atoms with van der Waals surface area (Å²) in [6, 6.07) is 11.9. The van der Waals surface area contributed by atoms with Gasteiger partial charge in [-0.05, 0) is 36.1 Å². The minimum Gasteiger partial charge on any atom is -0.298 e. The van der Waals surface area contributed by atoms with Crippen molar-refractivity contribution in [2.24, 2.45) is 7.05 Å². The molecule has 0 fully saturated rings. The van der Waals surface area contributed by atoms with Crippen LogP contribution in [0.2, 0.25) is 0 Å². The molecule has 0 saturated carbocycles. The van der Waals surface area contributed by atoms with Gasteiger partial charge >= 0.3 is 0 Å². The van der Waals surface area contributed by atoms with Crippen LogP contribution < -0.4 is 0 Å². The second kappa shape index (κ2) is 8.90. The van der Waals surface area contributed by atoms with E-state index in [0.29, 0.717) is 15.5 Å². The molecule has 0 aliphatic heterocycles. The number of thioether (sulfide) groups is 2. The molecule has 1 aromatic heterocycles. The fourth-order valence-electron chi connectivity index (χ4n) is 1.50. The van der Waals surface area contributed by atoms with Gasteiger partial charge in [-0.15, -0.1) is 5.10 Å². The summed E-state index contributed by atoms with van der Waals surface area (Å²) < 4.78 is 3.02. The minimum atomic E-state index is 0.0596. The van der Waals surface area contributed by atoms with E-state index in [0.717, 1.165) is 9.13 Å². The average Bonchev–Trinajstić information content (AvgIpc) is 2.88. The van der Waals surface area contributed by atoms with Crippen LogP contribution in [0, 0.1) is 16.1 Å². The van der Waals surface area contributed by atoms with Crippen molar-refractivity contribution in [3.8, 4) is 6.07 Å². The molecule has 0 unspecified atom stereocenters. The number of nitriles is 1. The summed E-state index contributed by atoms with van der Waals surface area (Å²) in [6.07, 6.45) is 0. The topological polar surface area (TPSA) is 75.9 Å². The fourth-order valence-corrected chi connectivity index (χ4v) is 3.82. The standard InChI is InChI=1S/C14H14N4O2S3/c1-18-13(21)16-17-14(18)23-12(10(8-15)9-20-19-2)22-11-6-4-3-5-7-11/h3-7H,9H2,1-2H3,(H,16,21)/b12-10+. The van der Waals surface area contributed by atoms with Crippen molar-refractivity contribution in [2.45, 2.75) is 10.1 Å². The smallest absolute Gasteiger partial charge is 0.195 e. The molecule has 9 heteroatoms. The Labute approximate surface area is 147 Å². The van der Waals surface area contributed by atoms with Crippen molar-refractivity contribution in [3.05, 3.63) is 44.9 Å². The van der Waals surface area contributed by atoms with Gasteiger partial charge in [-0.25, -0.2) is 9.78 Å². The van der Waals surface area contributed by atoms with E-state index >= 15 is 0 Å². The Morgan fingerprint density at radius 1 is 1.39 bits per heavy atom. The molecule has 6 nitrogen and oxygen atoms in total. The fraction of sp³-hybridized carbons (Fsp3) is 0.214. The summed E-state index contributed by atoms with van der Waals surface area (Å²) in [5.41, 5.74) is 0.458. The molecule has 0 radical (unpaired) electrons. The third kappa shape index (κ3) is 4.95. The van der Waals surface area contributed by atoms with Crippen LogP contribution in [0.1, 0.15) is 0 Å². The van der Waals surface area contributed by atoms with Gasteiger partial charge in [-0.1, -0.05) is 30.0 Å². The number of rotatable bonds is 7. The van der Waals surface area contributed by atoms with Gasteiger partial charge in [0.15, 0.2) is 9.93 Å². The minimum absolute atomic E-state index is 0.0596. The average molecular weight is 366 g/mol. The van der Waals surface area contributed by atoms with Gasteiger partial charge in [0.25, 0.3) is 0 Å². The van der Waals surface area contributed by atoms with Crippen LogP contribution in [-0.4, -0.2) is 28.5 Å². The third-order valence-electron chi connectivity index (χ3n) is 2.68. The summed E-state index contributed by atoms with van der Waals surface area (Å²) in [7, 11) is 3.22. The molecule has 2 aromatic rings. The maximum Gasteiger partial charge on any atom is 0.195 e. The number of benzene rings is 1. The molecule has 0 spiro atoms. The molecule has 0 aliphatic rings. The molecule has 23 heavy (non-hydrogen) atoms. The van der Waals surface area contributed by atoms with Gasteiger partial charge < -0.3 is 0 Å². The lowest BCUT2D eigenvalue weighted by atomic mass is 10.4. The van der Waals surface area contributed by atoms with E-state index in [1.807, 2.05) is 37.4 Å². The molecule has 0 amide bonds. The second-order valence-electron chi connectivity index (χ2n) is 4.19. The maximum atomic E-state index is 9.43. The van der Waals surface area contributed by atoms with E-state index in [1.54, 1.807) is 4.57 Å². The SMILES string of the molecule is COOC/C(C#N)=C(\Sc1ccccc1)Sc1n[nH]c(=S)n1C. The molecule has 2 rings (SSSR count). The van der Waals surface area contributed by atoms with Crippen molar-refractivity contribution in [2.75, 3.05) is 13.7 Å². The molecule has 0 saturated heterocycles. The van der Waals surface area contributed by atoms with Crippen LogP contribution in [0.25, 0.3) is 0 Å². The van der Waals surface area contributed by atoms with Gasteiger partial charge in [0, 0.05) is 11.9 Å². The zero-order valence-corrected chi connectivity index (χ0v) is 14.9. The highest BCUT2D eigenvalue weighted by Crippen LogP contribution is 2.40. The Morgan fingerprint density at radius 2 is 2.13 bits per heavy atom. The summed E-state index contributed by atoms with van der Waals surface area (Å²) in [5.74, 6) is 0. The number of aromatic amines is 1. The van der Waals surface area contributed by atoms with Gasteiger partial charge in [0.05, 0.1) is 23.0 Å². The Kier molecular flexibility index (Phi) is 6.88. The number of nitrogens with one attached hydrogen (secondary N) is 1. The van der Waals surface area contributed by atoms with E-state index in [-0.39, 0.29) is 6.61 Å². The quantitative estimate of drug-likeness (QED) is 0.263. The number of hydrogen-bond donors (Lipinski definition) is 1. The Hall–Kier alpha value is -1.57. The number of nitrogens with zero attached hydrogens (tertiary/aromatic N) is 3. The zero-order chi connectivity index (χ0) is 16.7. The lowest BCUT2D eigenvalue weighted by molar-refractivity contribution is -0.264. The predicted octanol–water partition coefficient (Wildman–Crippen LogP) is 3.68. The van der Waals surface area contributed by atoms with Crippen molar-refractivity contribution >= 4 is 35.7 Å². The Balaban J connectivity index is 2.34. The molecular weight excluding hydrogens is 352 g/mol. The molecule has 1 aromatic carbocycles. The first kappa shape index (κ1) is 17.8. The molecule has 0 atom stereocenters. The second-order valence-corrected chi connectivity index (χ2v) is 6.90. The van der Waals surface area contributed by atoms with E-state index in [1.165, 1.54) is 30.6 Å². The van der Waals surface area contributed by atoms with Crippen LogP contribution >= 0.6 is 35.7 Å². The van der Waals surface area contributed by atoms with Crippen molar-refractivity contribution in [1.29, 1.82) is 5.26 Å². The monoisotopic (exact) mass is 366 g/mol. The summed E-state index contributed by atoms with van der Waals surface area (Å²) in [5, 5.41) is 17.0. The van der Waals surface area contributed by atoms with Crippen LogP contribution in [0.15, 0.2) is 50.2 Å². The summed E-state index contributed by atoms with van der Waals surface area (Å²) in [4.78, 5) is 10.5. The van der Waals surface area contributed by atoms with Crippen molar-refractivity contribution < 1.29 is 9.78 Å². The van der Waals surface area contributed by atoms with Crippen molar-refractivity contribution in [3.63, 3.8) is 0 Å².